The Hall–Kier alpha value is -0.250. The molecule has 0 aliphatic rings. The fourth-order valence-electron chi connectivity index (χ4n) is 1.17. The predicted octanol–water partition coefficient (Wildman–Crippen LogP) is 3.55. The molecule has 0 saturated heterocycles. The number of halogens is 2. The summed E-state index contributed by atoms with van der Waals surface area (Å²) < 4.78 is 5.93. The van der Waals surface area contributed by atoms with Crippen LogP contribution in [0.5, 0.6) is 0 Å². The van der Waals surface area contributed by atoms with Gasteiger partial charge in [-0.05, 0) is 35.0 Å². The zero-order valence-electron chi connectivity index (χ0n) is 8.18. The number of ether oxygens (including phenoxy) is 1. The molecule has 0 radical (unpaired) electrons. The second-order valence-corrected chi connectivity index (χ2v) is 4.30. The van der Waals surface area contributed by atoms with E-state index in [4.69, 9.17) is 16.3 Å². The molecule has 0 amide bonds. The van der Waals surface area contributed by atoms with Gasteiger partial charge >= 0.3 is 0 Å². The molecule has 14 heavy (non-hydrogen) atoms. The molecule has 0 aromatic heterocycles. The van der Waals surface area contributed by atoms with Crippen molar-refractivity contribution in [2.24, 2.45) is 0 Å². The molecule has 0 bridgehead atoms. The fraction of sp³-hybridized carbons (Fsp3) is 0.400. The molecule has 1 unspecified atom stereocenters. The highest BCUT2D eigenvalue weighted by Gasteiger charge is 2.06. The zero-order valence-corrected chi connectivity index (χ0v) is 10.5. The Kier molecular flexibility index (Phi) is 4.72. The van der Waals surface area contributed by atoms with Crippen molar-refractivity contribution < 1.29 is 4.74 Å². The lowest BCUT2D eigenvalue weighted by Crippen LogP contribution is -2.20. The molecule has 0 aliphatic heterocycles. The van der Waals surface area contributed by atoms with E-state index in [-0.39, 0.29) is 6.04 Å². The van der Waals surface area contributed by atoms with E-state index in [9.17, 15) is 0 Å². The van der Waals surface area contributed by atoms with Crippen molar-refractivity contribution in [1.82, 2.24) is 0 Å². The second kappa shape index (κ2) is 5.59. The highest BCUT2D eigenvalue weighted by molar-refractivity contribution is 9.10. The van der Waals surface area contributed by atoms with Crippen LogP contribution in [0.25, 0.3) is 0 Å². The lowest BCUT2D eigenvalue weighted by Gasteiger charge is -2.15. The quantitative estimate of drug-likeness (QED) is 0.909. The number of hydrogen-bond donors (Lipinski definition) is 1. The van der Waals surface area contributed by atoms with E-state index in [0.717, 1.165) is 10.2 Å². The summed E-state index contributed by atoms with van der Waals surface area (Å²) in [6.07, 6.45) is 0. The van der Waals surface area contributed by atoms with Crippen LogP contribution in [0, 0.1) is 0 Å². The van der Waals surface area contributed by atoms with Crippen LogP contribution in [0.3, 0.4) is 0 Å². The third-order valence-corrected chi connectivity index (χ3v) is 3.17. The van der Waals surface area contributed by atoms with Gasteiger partial charge in [-0.3, -0.25) is 0 Å². The van der Waals surface area contributed by atoms with E-state index in [1.807, 2.05) is 18.2 Å². The molecule has 0 heterocycles. The molecule has 0 aliphatic carbocycles. The molecule has 1 N–H and O–H groups in total. The molecule has 0 saturated carbocycles. The topological polar surface area (TPSA) is 21.3 Å². The largest absolute Gasteiger partial charge is 0.383 e. The Balaban J connectivity index is 2.71. The van der Waals surface area contributed by atoms with Crippen molar-refractivity contribution in [2.75, 3.05) is 19.0 Å². The molecule has 1 rings (SSSR count). The van der Waals surface area contributed by atoms with E-state index < -0.39 is 0 Å². The Morgan fingerprint density at radius 1 is 1.57 bits per heavy atom. The van der Waals surface area contributed by atoms with E-state index in [2.05, 4.69) is 28.2 Å². The molecule has 0 fully saturated rings. The molecule has 0 spiro atoms. The Morgan fingerprint density at radius 2 is 2.29 bits per heavy atom. The lowest BCUT2D eigenvalue weighted by molar-refractivity contribution is 0.190. The van der Waals surface area contributed by atoms with Crippen molar-refractivity contribution in [3.63, 3.8) is 0 Å². The number of hydrogen-bond acceptors (Lipinski definition) is 2. The predicted molar refractivity (Wildman–Crippen MR) is 64.1 cm³/mol. The van der Waals surface area contributed by atoms with Gasteiger partial charge in [0.15, 0.2) is 0 Å². The monoisotopic (exact) mass is 277 g/mol. The first-order chi connectivity index (χ1) is 6.65. The fourth-order valence-corrected chi connectivity index (χ4v) is 1.73. The van der Waals surface area contributed by atoms with E-state index in [1.165, 1.54) is 0 Å². The first-order valence-corrected chi connectivity index (χ1v) is 5.51. The molecular formula is C10H13BrClNO. The second-order valence-electron chi connectivity index (χ2n) is 3.10. The third kappa shape index (κ3) is 3.15. The van der Waals surface area contributed by atoms with Crippen LogP contribution in [0.2, 0.25) is 5.02 Å². The van der Waals surface area contributed by atoms with Crippen LogP contribution in [-0.4, -0.2) is 19.8 Å². The normalized spacial score (nSPS) is 12.6. The van der Waals surface area contributed by atoms with Crippen LogP contribution in [0.4, 0.5) is 5.69 Å². The minimum atomic E-state index is 0.259. The van der Waals surface area contributed by atoms with Gasteiger partial charge in [-0.1, -0.05) is 17.7 Å². The summed E-state index contributed by atoms with van der Waals surface area (Å²) in [7, 11) is 1.69. The van der Waals surface area contributed by atoms with Crippen molar-refractivity contribution >= 4 is 33.2 Å². The average molecular weight is 279 g/mol. The number of methoxy groups -OCH3 is 1. The average Bonchev–Trinajstić information content (AvgIpc) is 2.13. The maximum Gasteiger partial charge on any atom is 0.0661 e. The summed E-state index contributed by atoms with van der Waals surface area (Å²) in [6, 6.07) is 5.99. The van der Waals surface area contributed by atoms with Crippen molar-refractivity contribution in [2.45, 2.75) is 13.0 Å². The molecular weight excluding hydrogens is 265 g/mol. The maximum absolute atomic E-state index is 5.96. The van der Waals surface area contributed by atoms with Crippen molar-refractivity contribution in [1.29, 1.82) is 0 Å². The summed E-state index contributed by atoms with van der Waals surface area (Å²) in [5.74, 6) is 0. The summed E-state index contributed by atoms with van der Waals surface area (Å²) in [5, 5.41) is 4.00. The van der Waals surface area contributed by atoms with Crippen LogP contribution in [0.15, 0.2) is 22.7 Å². The Labute approximate surface area is 97.7 Å². The van der Waals surface area contributed by atoms with Gasteiger partial charge in [-0.2, -0.15) is 0 Å². The molecule has 1 atom stereocenters. The minimum Gasteiger partial charge on any atom is -0.383 e. The van der Waals surface area contributed by atoms with Gasteiger partial charge in [0.2, 0.25) is 0 Å². The SMILES string of the molecule is COCC(C)Nc1cccc(Cl)c1Br. The standard InChI is InChI=1S/C10H13BrClNO/c1-7(6-14-2)13-9-5-3-4-8(12)10(9)11/h3-5,7,13H,6H2,1-2H3. The van der Waals surface area contributed by atoms with Gasteiger partial charge in [0, 0.05) is 13.2 Å². The number of anilines is 1. The third-order valence-electron chi connectivity index (χ3n) is 1.77. The highest BCUT2D eigenvalue weighted by Crippen LogP contribution is 2.30. The van der Waals surface area contributed by atoms with Gasteiger partial charge in [0.25, 0.3) is 0 Å². The number of nitrogens with one attached hydrogen (secondary N) is 1. The van der Waals surface area contributed by atoms with E-state index in [0.29, 0.717) is 11.6 Å². The summed E-state index contributed by atoms with van der Waals surface area (Å²) in [4.78, 5) is 0. The van der Waals surface area contributed by atoms with E-state index >= 15 is 0 Å². The van der Waals surface area contributed by atoms with Gasteiger partial charge in [-0.15, -0.1) is 0 Å². The van der Waals surface area contributed by atoms with Gasteiger partial charge in [0.1, 0.15) is 0 Å². The van der Waals surface area contributed by atoms with Gasteiger partial charge < -0.3 is 10.1 Å². The highest BCUT2D eigenvalue weighted by atomic mass is 79.9. The molecule has 4 heteroatoms. The maximum atomic E-state index is 5.96. The van der Waals surface area contributed by atoms with Crippen molar-refractivity contribution in [3.8, 4) is 0 Å². The number of rotatable bonds is 4. The van der Waals surface area contributed by atoms with Crippen molar-refractivity contribution in [3.05, 3.63) is 27.7 Å². The molecule has 1 aromatic rings. The summed E-state index contributed by atoms with van der Waals surface area (Å²) >= 11 is 9.38. The lowest BCUT2D eigenvalue weighted by atomic mass is 10.3. The van der Waals surface area contributed by atoms with E-state index in [1.54, 1.807) is 7.11 Å². The minimum absolute atomic E-state index is 0.259. The Bertz CT molecular complexity index is 306. The number of benzene rings is 1. The summed E-state index contributed by atoms with van der Waals surface area (Å²) in [5.41, 5.74) is 0.988. The first kappa shape index (κ1) is 11.8. The molecule has 78 valence electrons. The van der Waals surface area contributed by atoms with Gasteiger partial charge in [-0.25, -0.2) is 0 Å². The van der Waals surface area contributed by atoms with Crippen LogP contribution in [0.1, 0.15) is 6.92 Å². The molecule has 2 nitrogen and oxygen atoms in total. The molecule has 1 aromatic carbocycles. The summed E-state index contributed by atoms with van der Waals surface area (Å²) in [6.45, 7) is 2.72. The van der Waals surface area contributed by atoms with Crippen LogP contribution < -0.4 is 5.32 Å². The zero-order chi connectivity index (χ0) is 10.6. The van der Waals surface area contributed by atoms with Gasteiger partial charge in [0.05, 0.1) is 21.8 Å². The van der Waals surface area contributed by atoms with Crippen LogP contribution in [-0.2, 0) is 4.74 Å². The van der Waals surface area contributed by atoms with Crippen LogP contribution >= 0.6 is 27.5 Å². The first-order valence-electron chi connectivity index (χ1n) is 4.34. The smallest absolute Gasteiger partial charge is 0.0661 e. The Morgan fingerprint density at radius 3 is 2.93 bits per heavy atom.